The van der Waals surface area contributed by atoms with Crippen LogP contribution >= 0.6 is 0 Å². The Kier molecular flexibility index (Phi) is 3.21. The summed E-state index contributed by atoms with van der Waals surface area (Å²) in [6, 6.07) is 1.94. The maximum Gasteiger partial charge on any atom is 0.334 e. The number of rotatable bonds is 3. The van der Waals surface area contributed by atoms with E-state index < -0.39 is 12.1 Å². The second kappa shape index (κ2) is 4.63. The van der Waals surface area contributed by atoms with E-state index in [1.165, 1.54) is 0 Å². The van der Waals surface area contributed by atoms with E-state index in [4.69, 9.17) is 9.84 Å². The Morgan fingerprint density at radius 3 is 3.19 bits per heavy atom. The van der Waals surface area contributed by atoms with Gasteiger partial charge in [-0.25, -0.2) is 4.79 Å². The molecule has 0 aliphatic carbocycles. The van der Waals surface area contributed by atoms with E-state index in [-0.39, 0.29) is 0 Å². The summed E-state index contributed by atoms with van der Waals surface area (Å²) in [7, 11) is 1.88. The predicted octanol–water partition coefficient (Wildman–Crippen LogP) is -0.295. The van der Waals surface area contributed by atoms with Gasteiger partial charge in [-0.2, -0.15) is 5.10 Å². The minimum atomic E-state index is -0.894. The van der Waals surface area contributed by atoms with E-state index in [1.807, 2.05) is 13.1 Å². The van der Waals surface area contributed by atoms with Gasteiger partial charge in [0, 0.05) is 32.9 Å². The van der Waals surface area contributed by atoms with Gasteiger partial charge in [0.15, 0.2) is 6.10 Å². The van der Waals surface area contributed by atoms with Gasteiger partial charge < -0.3 is 9.84 Å². The van der Waals surface area contributed by atoms with Crippen LogP contribution in [0.3, 0.4) is 0 Å². The molecule has 0 bridgehead atoms. The van der Waals surface area contributed by atoms with Crippen LogP contribution in [0.15, 0.2) is 12.3 Å². The van der Waals surface area contributed by atoms with Crippen LogP contribution in [0.5, 0.6) is 0 Å². The van der Waals surface area contributed by atoms with Gasteiger partial charge in [0.25, 0.3) is 0 Å². The molecule has 1 aliphatic rings. The fraction of sp³-hybridized carbons (Fsp3) is 0.600. The molecule has 1 aromatic heterocycles. The average Bonchev–Trinajstić information content (AvgIpc) is 2.65. The molecule has 1 N–H and O–H groups in total. The number of carboxylic acids is 1. The molecule has 0 radical (unpaired) electrons. The lowest BCUT2D eigenvalue weighted by molar-refractivity contribution is -0.156. The normalized spacial score (nSPS) is 22.2. The smallest absolute Gasteiger partial charge is 0.334 e. The Morgan fingerprint density at radius 1 is 1.75 bits per heavy atom. The highest BCUT2D eigenvalue weighted by molar-refractivity contribution is 5.72. The number of nitrogens with zero attached hydrogens (tertiary/aromatic N) is 3. The number of aryl methyl sites for hydroxylation is 1. The lowest BCUT2D eigenvalue weighted by Crippen LogP contribution is -2.45. The summed E-state index contributed by atoms with van der Waals surface area (Å²) >= 11 is 0. The number of carbonyl (C=O) groups is 1. The quantitative estimate of drug-likeness (QED) is 0.765. The molecule has 1 saturated heterocycles. The van der Waals surface area contributed by atoms with E-state index in [0.29, 0.717) is 19.7 Å². The summed E-state index contributed by atoms with van der Waals surface area (Å²) < 4.78 is 6.95. The minimum absolute atomic E-state index is 0.431. The SMILES string of the molecule is Cn1nccc1CN1CCOC(C(=O)O)C1. The van der Waals surface area contributed by atoms with Crippen molar-refractivity contribution in [2.75, 3.05) is 19.7 Å². The first-order valence-corrected chi connectivity index (χ1v) is 5.20. The van der Waals surface area contributed by atoms with Gasteiger partial charge in [-0.3, -0.25) is 9.58 Å². The van der Waals surface area contributed by atoms with Crippen molar-refractivity contribution in [3.05, 3.63) is 18.0 Å². The van der Waals surface area contributed by atoms with Gasteiger partial charge in [0.2, 0.25) is 0 Å². The van der Waals surface area contributed by atoms with Crippen LogP contribution in [0.4, 0.5) is 0 Å². The number of ether oxygens (including phenoxy) is 1. The summed E-state index contributed by atoms with van der Waals surface area (Å²) in [6.45, 7) is 2.37. The third-order valence-electron chi connectivity index (χ3n) is 2.73. The Balaban J connectivity index is 1.95. The highest BCUT2D eigenvalue weighted by Crippen LogP contribution is 2.09. The van der Waals surface area contributed by atoms with E-state index in [1.54, 1.807) is 10.9 Å². The fourth-order valence-electron chi connectivity index (χ4n) is 1.78. The van der Waals surface area contributed by atoms with Crippen LogP contribution in [0.1, 0.15) is 5.69 Å². The van der Waals surface area contributed by atoms with Gasteiger partial charge in [-0.15, -0.1) is 0 Å². The number of carboxylic acid groups (broad SMARTS) is 1. The van der Waals surface area contributed by atoms with Crippen molar-refractivity contribution in [2.24, 2.45) is 7.05 Å². The Morgan fingerprint density at radius 2 is 2.56 bits per heavy atom. The van der Waals surface area contributed by atoms with Crippen LogP contribution in [-0.2, 0) is 23.1 Å². The summed E-state index contributed by atoms with van der Waals surface area (Å²) in [5, 5.41) is 12.9. The first-order chi connectivity index (χ1) is 7.66. The molecule has 2 rings (SSSR count). The summed E-state index contributed by atoms with van der Waals surface area (Å²) in [6.07, 6.45) is 1.03. The molecule has 1 unspecified atom stereocenters. The van der Waals surface area contributed by atoms with Crippen LogP contribution in [0.25, 0.3) is 0 Å². The van der Waals surface area contributed by atoms with Crippen LogP contribution in [0.2, 0.25) is 0 Å². The highest BCUT2D eigenvalue weighted by Gasteiger charge is 2.26. The molecule has 0 saturated carbocycles. The minimum Gasteiger partial charge on any atom is -0.479 e. The molecule has 16 heavy (non-hydrogen) atoms. The lowest BCUT2D eigenvalue weighted by Gasteiger charge is -2.30. The van der Waals surface area contributed by atoms with Gasteiger partial charge >= 0.3 is 5.97 Å². The monoisotopic (exact) mass is 225 g/mol. The topological polar surface area (TPSA) is 67.6 Å². The van der Waals surface area contributed by atoms with E-state index in [9.17, 15) is 4.79 Å². The molecular weight excluding hydrogens is 210 g/mol. The van der Waals surface area contributed by atoms with Gasteiger partial charge in [0.1, 0.15) is 0 Å². The number of hydrogen-bond acceptors (Lipinski definition) is 4. The highest BCUT2D eigenvalue weighted by atomic mass is 16.5. The molecule has 2 heterocycles. The maximum atomic E-state index is 10.8. The summed E-state index contributed by atoms with van der Waals surface area (Å²) in [4.78, 5) is 12.9. The molecule has 1 aromatic rings. The van der Waals surface area contributed by atoms with Gasteiger partial charge in [-0.1, -0.05) is 0 Å². The number of aliphatic carboxylic acids is 1. The van der Waals surface area contributed by atoms with Crippen LogP contribution in [0, 0.1) is 0 Å². The molecule has 1 fully saturated rings. The lowest BCUT2D eigenvalue weighted by atomic mass is 10.2. The van der Waals surface area contributed by atoms with E-state index >= 15 is 0 Å². The van der Waals surface area contributed by atoms with Crippen molar-refractivity contribution >= 4 is 5.97 Å². The zero-order valence-electron chi connectivity index (χ0n) is 9.17. The van der Waals surface area contributed by atoms with Crippen molar-refractivity contribution in [1.29, 1.82) is 0 Å². The number of morpholine rings is 1. The van der Waals surface area contributed by atoms with Crippen LogP contribution in [-0.4, -0.2) is 51.6 Å². The predicted molar refractivity (Wildman–Crippen MR) is 55.9 cm³/mol. The third kappa shape index (κ3) is 2.40. The Hall–Kier alpha value is -1.40. The maximum absolute atomic E-state index is 10.8. The second-order valence-corrected chi connectivity index (χ2v) is 3.88. The molecule has 6 nitrogen and oxygen atoms in total. The van der Waals surface area contributed by atoms with Gasteiger partial charge in [-0.05, 0) is 6.07 Å². The zero-order chi connectivity index (χ0) is 11.5. The van der Waals surface area contributed by atoms with Crippen LogP contribution < -0.4 is 0 Å². The molecule has 88 valence electrons. The summed E-state index contributed by atoms with van der Waals surface area (Å²) in [5.74, 6) is -0.894. The van der Waals surface area contributed by atoms with Gasteiger partial charge in [0.05, 0.1) is 12.3 Å². The average molecular weight is 225 g/mol. The third-order valence-corrected chi connectivity index (χ3v) is 2.73. The van der Waals surface area contributed by atoms with E-state index in [0.717, 1.165) is 12.2 Å². The molecule has 1 aliphatic heterocycles. The van der Waals surface area contributed by atoms with Crippen molar-refractivity contribution in [3.63, 3.8) is 0 Å². The van der Waals surface area contributed by atoms with E-state index in [2.05, 4.69) is 10.00 Å². The van der Waals surface area contributed by atoms with Crippen molar-refractivity contribution < 1.29 is 14.6 Å². The molecule has 6 heteroatoms. The Labute approximate surface area is 93.4 Å². The van der Waals surface area contributed by atoms with Crippen molar-refractivity contribution in [2.45, 2.75) is 12.6 Å². The zero-order valence-corrected chi connectivity index (χ0v) is 9.17. The molecule has 0 amide bonds. The summed E-state index contributed by atoms with van der Waals surface area (Å²) in [5.41, 5.74) is 1.08. The fourth-order valence-corrected chi connectivity index (χ4v) is 1.78. The van der Waals surface area contributed by atoms with Crippen molar-refractivity contribution in [3.8, 4) is 0 Å². The standard InChI is InChI=1S/C10H15N3O3/c1-12-8(2-3-11-12)6-13-4-5-16-9(7-13)10(14)15/h2-3,9H,4-7H2,1H3,(H,14,15). The molecular formula is C10H15N3O3. The first kappa shape index (κ1) is 11.1. The largest absolute Gasteiger partial charge is 0.479 e. The van der Waals surface area contributed by atoms with Crippen molar-refractivity contribution in [1.82, 2.24) is 14.7 Å². The molecule has 1 atom stereocenters. The molecule has 0 aromatic carbocycles. The number of hydrogen-bond donors (Lipinski definition) is 1. The molecule has 0 spiro atoms. The second-order valence-electron chi connectivity index (χ2n) is 3.88. The first-order valence-electron chi connectivity index (χ1n) is 5.20. The number of aromatic nitrogens is 2. The Bertz CT molecular complexity index is 377.